The van der Waals surface area contributed by atoms with Gasteiger partial charge in [0.15, 0.2) is 0 Å². The molecule has 1 heterocycles. The van der Waals surface area contributed by atoms with E-state index in [-0.39, 0.29) is 11.6 Å². The first-order valence-corrected chi connectivity index (χ1v) is 8.46. The van der Waals surface area contributed by atoms with E-state index in [1.54, 1.807) is 19.2 Å². The molecule has 5 nitrogen and oxygen atoms in total. The fourth-order valence-corrected chi connectivity index (χ4v) is 3.12. The van der Waals surface area contributed by atoms with Crippen molar-refractivity contribution in [2.45, 2.75) is 32.5 Å². The quantitative estimate of drug-likeness (QED) is 0.901. The Kier molecular flexibility index (Phi) is 5.24. The van der Waals surface area contributed by atoms with E-state index in [2.05, 4.69) is 24.0 Å². The van der Waals surface area contributed by atoms with Crippen LogP contribution in [-0.2, 0) is 13.1 Å². The molecule has 5 heteroatoms. The van der Waals surface area contributed by atoms with Crippen molar-refractivity contribution in [3.05, 3.63) is 59.2 Å². The summed E-state index contributed by atoms with van der Waals surface area (Å²) in [6.45, 7) is 4.25. The highest BCUT2D eigenvalue weighted by Gasteiger charge is 2.24. The lowest BCUT2D eigenvalue weighted by atomic mass is 10.1. The first kappa shape index (κ1) is 17.3. The lowest BCUT2D eigenvalue weighted by molar-refractivity contribution is 0.0696. The van der Waals surface area contributed by atoms with Crippen molar-refractivity contribution >= 4 is 5.97 Å². The normalized spacial score (nSPS) is 17.3. The molecular weight excluding hydrogens is 318 g/mol. The van der Waals surface area contributed by atoms with Gasteiger partial charge in [-0.1, -0.05) is 25.1 Å². The number of benzene rings is 2. The van der Waals surface area contributed by atoms with Crippen molar-refractivity contribution in [2.75, 3.05) is 13.7 Å². The molecule has 2 aromatic rings. The van der Waals surface area contributed by atoms with Gasteiger partial charge < -0.3 is 14.6 Å². The van der Waals surface area contributed by atoms with Gasteiger partial charge in [-0.05, 0) is 36.2 Å². The maximum absolute atomic E-state index is 11.2. The highest BCUT2D eigenvalue weighted by molar-refractivity contribution is 5.88. The van der Waals surface area contributed by atoms with Gasteiger partial charge in [0.25, 0.3) is 0 Å². The minimum absolute atomic E-state index is 0.260. The SMILES string of the molecule is CC[C@H]1COc2cc(C(=O)O)ccc2CN1Cc1ccc(OC)cc1. The molecule has 3 rings (SSSR count). The van der Waals surface area contributed by atoms with Crippen molar-refractivity contribution in [3.8, 4) is 11.5 Å². The first-order chi connectivity index (χ1) is 12.1. The fraction of sp³-hybridized carbons (Fsp3) is 0.350. The zero-order valence-corrected chi connectivity index (χ0v) is 14.6. The number of carboxylic acid groups (broad SMARTS) is 1. The minimum Gasteiger partial charge on any atom is -0.497 e. The van der Waals surface area contributed by atoms with E-state index in [1.807, 2.05) is 18.2 Å². The van der Waals surface area contributed by atoms with Crippen LogP contribution in [0.4, 0.5) is 0 Å². The number of methoxy groups -OCH3 is 1. The number of ether oxygens (including phenoxy) is 2. The fourth-order valence-electron chi connectivity index (χ4n) is 3.12. The third-order valence-corrected chi connectivity index (χ3v) is 4.65. The second kappa shape index (κ2) is 7.57. The molecule has 1 aliphatic heterocycles. The Morgan fingerprint density at radius 1 is 1.28 bits per heavy atom. The number of carboxylic acids is 1. The van der Waals surface area contributed by atoms with E-state index >= 15 is 0 Å². The van der Waals surface area contributed by atoms with Gasteiger partial charge in [-0.3, -0.25) is 4.90 Å². The number of aromatic carboxylic acids is 1. The molecule has 25 heavy (non-hydrogen) atoms. The van der Waals surface area contributed by atoms with E-state index in [1.165, 1.54) is 5.56 Å². The molecule has 0 aliphatic carbocycles. The molecule has 0 fully saturated rings. The third-order valence-electron chi connectivity index (χ3n) is 4.65. The lowest BCUT2D eigenvalue weighted by Gasteiger charge is -2.28. The topological polar surface area (TPSA) is 59.0 Å². The minimum atomic E-state index is -0.933. The Balaban J connectivity index is 1.82. The molecule has 1 atom stereocenters. The van der Waals surface area contributed by atoms with Crippen LogP contribution in [0.2, 0.25) is 0 Å². The number of nitrogens with zero attached hydrogens (tertiary/aromatic N) is 1. The summed E-state index contributed by atoms with van der Waals surface area (Å²) in [7, 11) is 1.66. The summed E-state index contributed by atoms with van der Waals surface area (Å²) < 4.78 is 11.1. The average Bonchev–Trinajstić information content (AvgIpc) is 2.80. The molecule has 1 aliphatic rings. The molecular formula is C20H23NO4. The van der Waals surface area contributed by atoms with Crippen LogP contribution in [0.3, 0.4) is 0 Å². The summed E-state index contributed by atoms with van der Waals surface area (Å²) in [4.78, 5) is 13.6. The van der Waals surface area contributed by atoms with Gasteiger partial charge in [0, 0.05) is 24.7 Å². The molecule has 0 bridgehead atoms. The second-order valence-electron chi connectivity index (χ2n) is 6.25. The molecule has 132 valence electrons. The zero-order chi connectivity index (χ0) is 17.8. The van der Waals surface area contributed by atoms with Crippen LogP contribution in [0.1, 0.15) is 34.8 Å². The van der Waals surface area contributed by atoms with Crippen LogP contribution in [-0.4, -0.2) is 35.7 Å². The van der Waals surface area contributed by atoms with Crippen LogP contribution in [0, 0.1) is 0 Å². The largest absolute Gasteiger partial charge is 0.497 e. The molecule has 1 N–H and O–H groups in total. The number of carbonyl (C=O) groups is 1. The predicted octanol–water partition coefficient (Wildman–Crippen LogP) is 3.57. The molecule has 0 aromatic heterocycles. The second-order valence-corrected chi connectivity index (χ2v) is 6.25. The summed E-state index contributed by atoms with van der Waals surface area (Å²) in [5.74, 6) is 0.592. The van der Waals surface area contributed by atoms with Gasteiger partial charge in [0.05, 0.1) is 12.7 Å². The number of hydrogen-bond acceptors (Lipinski definition) is 4. The van der Waals surface area contributed by atoms with E-state index < -0.39 is 5.97 Å². The predicted molar refractivity (Wildman–Crippen MR) is 95.2 cm³/mol. The van der Waals surface area contributed by atoms with Crippen LogP contribution >= 0.6 is 0 Å². The van der Waals surface area contributed by atoms with Crippen LogP contribution in [0.25, 0.3) is 0 Å². The van der Waals surface area contributed by atoms with Crippen LogP contribution in [0.5, 0.6) is 11.5 Å². The van der Waals surface area contributed by atoms with Gasteiger partial charge in [-0.2, -0.15) is 0 Å². The number of fused-ring (bicyclic) bond motifs is 1. The van der Waals surface area contributed by atoms with Gasteiger partial charge in [-0.25, -0.2) is 4.79 Å². The van der Waals surface area contributed by atoms with Gasteiger partial charge >= 0.3 is 5.97 Å². The Hall–Kier alpha value is -2.53. The molecule has 0 saturated carbocycles. The number of rotatable bonds is 5. The summed E-state index contributed by atoms with van der Waals surface area (Å²) >= 11 is 0. The van der Waals surface area contributed by atoms with Gasteiger partial charge in [0.1, 0.15) is 18.1 Å². The number of hydrogen-bond donors (Lipinski definition) is 1. The molecule has 0 unspecified atom stereocenters. The van der Waals surface area contributed by atoms with Gasteiger partial charge in [0.2, 0.25) is 0 Å². The summed E-state index contributed by atoms with van der Waals surface area (Å²) in [5.41, 5.74) is 2.50. The van der Waals surface area contributed by atoms with E-state index in [4.69, 9.17) is 14.6 Å². The first-order valence-electron chi connectivity index (χ1n) is 8.46. The van der Waals surface area contributed by atoms with Crippen molar-refractivity contribution < 1.29 is 19.4 Å². The Morgan fingerprint density at radius 2 is 2.04 bits per heavy atom. The Bertz CT molecular complexity index is 742. The van der Waals surface area contributed by atoms with Crippen molar-refractivity contribution in [1.82, 2.24) is 4.90 Å². The molecule has 0 radical (unpaired) electrons. The summed E-state index contributed by atoms with van der Waals surface area (Å²) in [6.07, 6.45) is 0.968. The van der Waals surface area contributed by atoms with Crippen molar-refractivity contribution in [1.29, 1.82) is 0 Å². The molecule has 0 spiro atoms. The van der Waals surface area contributed by atoms with Crippen LogP contribution in [0.15, 0.2) is 42.5 Å². The molecule has 0 saturated heterocycles. The zero-order valence-electron chi connectivity index (χ0n) is 14.6. The Morgan fingerprint density at radius 3 is 2.68 bits per heavy atom. The van der Waals surface area contributed by atoms with Crippen molar-refractivity contribution in [3.63, 3.8) is 0 Å². The summed E-state index contributed by atoms with van der Waals surface area (Å²) in [5, 5.41) is 9.17. The third kappa shape index (κ3) is 3.94. The molecule has 2 aromatic carbocycles. The van der Waals surface area contributed by atoms with E-state index in [9.17, 15) is 4.79 Å². The monoisotopic (exact) mass is 341 g/mol. The average molecular weight is 341 g/mol. The highest BCUT2D eigenvalue weighted by atomic mass is 16.5. The van der Waals surface area contributed by atoms with Crippen molar-refractivity contribution in [2.24, 2.45) is 0 Å². The maximum atomic E-state index is 11.2. The lowest BCUT2D eigenvalue weighted by Crippen LogP contribution is -2.36. The smallest absolute Gasteiger partial charge is 0.335 e. The van der Waals surface area contributed by atoms with Gasteiger partial charge in [-0.15, -0.1) is 0 Å². The standard InChI is InChI=1S/C20H23NO4/c1-3-17-13-25-19-10-15(20(22)23)6-7-16(19)12-21(17)11-14-4-8-18(24-2)9-5-14/h4-10,17H,3,11-13H2,1-2H3,(H,22,23)/t17-/m0/s1. The molecule has 0 amide bonds. The van der Waals surface area contributed by atoms with Crippen LogP contribution < -0.4 is 9.47 Å². The maximum Gasteiger partial charge on any atom is 0.335 e. The Labute approximate surface area is 147 Å². The highest BCUT2D eigenvalue weighted by Crippen LogP contribution is 2.28. The van der Waals surface area contributed by atoms with E-state index in [0.717, 1.165) is 30.8 Å². The summed E-state index contributed by atoms with van der Waals surface area (Å²) in [6, 6.07) is 13.5. The van der Waals surface area contributed by atoms with E-state index in [0.29, 0.717) is 12.4 Å².